The quantitative estimate of drug-likeness (QED) is 0.402. The molecule has 0 fully saturated rings. The van der Waals surface area contributed by atoms with Crippen LogP contribution in [0.5, 0.6) is 0 Å². The van der Waals surface area contributed by atoms with Gasteiger partial charge in [0, 0.05) is 6.42 Å². The Morgan fingerprint density at radius 2 is 1.88 bits per heavy atom. The number of rotatable bonds is 8. The third-order valence-electron chi connectivity index (χ3n) is 3.41. The number of nitrogens with zero attached hydrogens (tertiary/aromatic N) is 1. The van der Waals surface area contributed by atoms with Crippen molar-refractivity contribution in [3.05, 3.63) is 35.9 Å². The summed E-state index contributed by atoms with van der Waals surface area (Å²) in [5.41, 5.74) is 6.14. The lowest BCUT2D eigenvalue weighted by atomic mass is 10.0. The minimum absolute atomic E-state index is 0.0299. The molecule has 0 aliphatic rings. The van der Waals surface area contributed by atoms with Crippen molar-refractivity contribution in [2.24, 2.45) is 5.73 Å². The van der Waals surface area contributed by atoms with Gasteiger partial charge in [0.1, 0.15) is 6.04 Å². The van der Waals surface area contributed by atoms with Crippen LogP contribution in [0.4, 0.5) is 4.79 Å². The summed E-state index contributed by atoms with van der Waals surface area (Å²) in [5, 5.41) is 10.5. The van der Waals surface area contributed by atoms with Crippen molar-refractivity contribution in [3.8, 4) is 0 Å². The number of hydrogen-bond donors (Lipinski definition) is 3. The van der Waals surface area contributed by atoms with Gasteiger partial charge >= 0.3 is 18.0 Å². The maximum absolute atomic E-state index is 12.5. The molecule has 0 bridgehead atoms. The smallest absolute Gasteiger partial charge is 0.331 e. The molecule has 0 saturated carbocycles. The van der Waals surface area contributed by atoms with Gasteiger partial charge in [0.15, 0.2) is 0 Å². The molecule has 0 saturated heterocycles. The monoisotopic (exact) mass is 365 g/mol. The van der Waals surface area contributed by atoms with Gasteiger partial charge in [-0.3, -0.25) is 19.7 Å². The fourth-order valence-corrected chi connectivity index (χ4v) is 2.22. The van der Waals surface area contributed by atoms with Gasteiger partial charge < -0.3 is 15.6 Å². The van der Waals surface area contributed by atoms with Gasteiger partial charge in [0.05, 0.1) is 19.6 Å². The zero-order valence-electron chi connectivity index (χ0n) is 14.0. The molecular weight excluding hydrogens is 346 g/mol. The van der Waals surface area contributed by atoms with Crippen LogP contribution in [0.15, 0.2) is 30.3 Å². The predicted molar refractivity (Wildman–Crippen MR) is 87.6 cm³/mol. The molecule has 0 aliphatic carbocycles. The summed E-state index contributed by atoms with van der Waals surface area (Å²) in [6.07, 6.45) is -0.837. The first-order chi connectivity index (χ1) is 12.3. The van der Waals surface area contributed by atoms with E-state index in [9.17, 15) is 24.0 Å². The van der Waals surface area contributed by atoms with Crippen molar-refractivity contribution >= 4 is 30.3 Å². The molecule has 10 heteroatoms. The number of nitrogens with two attached hydrogens (primary N) is 1. The number of nitrogens with one attached hydrogen (secondary N) is 1. The molecule has 10 nitrogen and oxygen atoms in total. The predicted octanol–water partition coefficient (Wildman–Crippen LogP) is -0.733. The Bertz CT molecular complexity index is 678. The normalized spacial score (nSPS) is 12.4. The highest BCUT2D eigenvalue weighted by Gasteiger charge is 2.38. The highest BCUT2D eigenvalue weighted by Crippen LogP contribution is 2.13. The minimum Gasteiger partial charge on any atom is -0.481 e. The number of carboxylic acids is 1. The summed E-state index contributed by atoms with van der Waals surface area (Å²) in [5.74, 6) is -3.41. The van der Waals surface area contributed by atoms with Gasteiger partial charge in [-0.1, -0.05) is 30.3 Å². The number of hydrogen-bond acceptors (Lipinski definition) is 7. The van der Waals surface area contributed by atoms with Gasteiger partial charge in [-0.25, -0.2) is 14.5 Å². The van der Waals surface area contributed by atoms with Crippen molar-refractivity contribution in [2.75, 3.05) is 7.11 Å². The molecule has 4 amide bonds. The van der Waals surface area contributed by atoms with E-state index in [0.29, 0.717) is 10.5 Å². The Labute approximate surface area is 148 Å². The van der Waals surface area contributed by atoms with Crippen molar-refractivity contribution in [2.45, 2.75) is 24.9 Å². The van der Waals surface area contributed by atoms with Gasteiger partial charge in [-0.05, 0) is 5.56 Å². The topological polar surface area (TPSA) is 156 Å². The van der Waals surface area contributed by atoms with Gasteiger partial charge in [-0.15, -0.1) is 0 Å². The molecular formula is C16H19N3O7. The van der Waals surface area contributed by atoms with Gasteiger partial charge in [0.2, 0.25) is 12.3 Å². The number of carbonyl (C=O) groups is 5. The number of carboxylic acid groups (broad SMARTS) is 1. The number of ether oxygens (including phenoxy) is 1. The number of methoxy groups -OCH3 is 1. The molecule has 0 aromatic heterocycles. The fraction of sp³-hybridized carbons (Fsp3) is 0.312. The second-order valence-electron chi connectivity index (χ2n) is 5.21. The molecule has 1 aromatic carbocycles. The second-order valence-corrected chi connectivity index (χ2v) is 5.21. The zero-order valence-corrected chi connectivity index (χ0v) is 14.0. The van der Waals surface area contributed by atoms with Crippen LogP contribution in [0.1, 0.15) is 12.0 Å². The lowest BCUT2D eigenvalue weighted by Crippen LogP contribution is -2.58. The third kappa shape index (κ3) is 5.67. The first kappa shape index (κ1) is 20.8. The summed E-state index contributed by atoms with van der Waals surface area (Å²) < 4.78 is 4.65. The minimum atomic E-state index is -1.59. The van der Waals surface area contributed by atoms with Crippen molar-refractivity contribution < 1.29 is 33.8 Å². The summed E-state index contributed by atoms with van der Waals surface area (Å²) >= 11 is 0. The van der Waals surface area contributed by atoms with E-state index in [-0.39, 0.29) is 12.8 Å². The number of esters is 1. The van der Waals surface area contributed by atoms with Gasteiger partial charge in [0.25, 0.3) is 0 Å². The highest BCUT2D eigenvalue weighted by molar-refractivity contribution is 6.04. The van der Waals surface area contributed by atoms with Crippen LogP contribution in [-0.2, 0) is 30.3 Å². The third-order valence-corrected chi connectivity index (χ3v) is 3.41. The summed E-state index contributed by atoms with van der Waals surface area (Å²) in [6.45, 7) is 0. The summed E-state index contributed by atoms with van der Waals surface area (Å²) in [6, 6.07) is 4.21. The van der Waals surface area contributed by atoms with E-state index in [1.807, 2.05) is 0 Å². The van der Waals surface area contributed by atoms with E-state index in [0.717, 1.165) is 7.11 Å². The Kier molecular flexibility index (Phi) is 7.90. The Morgan fingerprint density at radius 1 is 1.27 bits per heavy atom. The van der Waals surface area contributed by atoms with Crippen molar-refractivity contribution in [1.29, 1.82) is 0 Å². The van der Waals surface area contributed by atoms with E-state index < -0.39 is 42.4 Å². The fourth-order valence-electron chi connectivity index (χ4n) is 2.22. The van der Waals surface area contributed by atoms with Crippen molar-refractivity contribution in [3.63, 3.8) is 0 Å². The van der Waals surface area contributed by atoms with E-state index in [1.54, 1.807) is 35.6 Å². The maximum Gasteiger partial charge on any atom is 0.331 e. The van der Waals surface area contributed by atoms with E-state index in [2.05, 4.69) is 4.74 Å². The molecule has 0 heterocycles. The zero-order chi connectivity index (χ0) is 19.7. The number of urea groups is 1. The summed E-state index contributed by atoms with van der Waals surface area (Å²) in [7, 11) is 1.07. The molecule has 0 unspecified atom stereocenters. The van der Waals surface area contributed by atoms with Crippen LogP contribution >= 0.6 is 0 Å². The van der Waals surface area contributed by atoms with Crippen LogP contribution in [0.2, 0.25) is 0 Å². The average Bonchev–Trinajstić information content (AvgIpc) is 2.60. The van der Waals surface area contributed by atoms with Crippen molar-refractivity contribution in [1.82, 2.24) is 10.2 Å². The summed E-state index contributed by atoms with van der Waals surface area (Å²) in [4.78, 5) is 58.7. The number of amides is 4. The lowest BCUT2D eigenvalue weighted by molar-refractivity contribution is -0.151. The highest BCUT2D eigenvalue weighted by atomic mass is 16.5. The van der Waals surface area contributed by atoms with E-state index in [1.165, 1.54) is 0 Å². The first-order valence-corrected chi connectivity index (χ1v) is 7.48. The number of aliphatic carboxylic acids is 1. The first-order valence-electron chi connectivity index (χ1n) is 7.48. The van der Waals surface area contributed by atoms with Gasteiger partial charge in [-0.2, -0.15) is 0 Å². The SMILES string of the molecule is COC(=O)[C@H](Cc1ccccc1)N(C(=O)NC=O)C(=O)[C@@H](N)CC(=O)O. The molecule has 2 atom stereocenters. The molecule has 0 aliphatic heterocycles. The molecule has 0 radical (unpaired) electrons. The molecule has 140 valence electrons. The Hall–Kier alpha value is -3.27. The number of benzene rings is 1. The molecule has 1 aromatic rings. The Morgan fingerprint density at radius 3 is 2.38 bits per heavy atom. The molecule has 1 rings (SSSR count). The van der Waals surface area contributed by atoms with E-state index >= 15 is 0 Å². The Balaban J connectivity index is 3.25. The molecule has 4 N–H and O–H groups in total. The lowest BCUT2D eigenvalue weighted by Gasteiger charge is -2.29. The van der Waals surface area contributed by atoms with Crippen LogP contribution in [0.3, 0.4) is 0 Å². The van der Waals surface area contributed by atoms with E-state index in [4.69, 9.17) is 10.8 Å². The maximum atomic E-state index is 12.5. The largest absolute Gasteiger partial charge is 0.481 e. The number of carbonyl (C=O) groups excluding carboxylic acids is 4. The second kappa shape index (κ2) is 9.89. The molecule has 0 spiro atoms. The van der Waals surface area contributed by atoms with Crippen LogP contribution < -0.4 is 11.1 Å². The number of imide groups is 2. The van der Waals surface area contributed by atoms with Crippen LogP contribution in [-0.4, -0.2) is 59.5 Å². The van der Waals surface area contributed by atoms with Crippen LogP contribution in [0.25, 0.3) is 0 Å². The molecule has 26 heavy (non-hydrogen) atoms. The average molecular weight is 365 g/mol. The standard InChI is InChI=1S/C16H19N3O7/c1-26-15(24)12(7-10-5-3-2-4-6-10)19(16(25)18-9-20)14(23)11(17)8-13(21)22/h2-6,9,11-12H,7-8,17H2,1H3,(H,21,22)(H,18,20,25)/t11-,12-/m0/s1. The van der Waals surface area contributed by atoms with Crippen LogP contribution in [0, 0.1) is 0 Å².